The van der Waals surface area contributed by atoms with Crippen LogP contribution < -0.4 is 10.6 Å². The minimum Gasteiger partial charge on any atom is -0.383 e. The van der Waals surface area contributed by atoms with E-state index in [2.05, 4.69) is 15.5 Å². The fourth-order valence-corrected chi connectivity index (χ4v) is 2.53. The van der Waals surface area contributed by atoms with Crippen LogP contribution in [0.5, 0.6) is 0 Å². The summed E-state index contributed by atoms with van der Waals surface area (Å²) in [6.45, 7) is 5.47. The van der Waals surface area contributed by atoms with Gasteiger partial charge in [0.25, 0.3) is 0 Å². The first-order valence-corrected chi connectivity index (χ1v) is 7.49. The smallest absolute Gasteiger partial charge is 0.234 e. The molecule has 110 valence electrons. The van der Waals surface area contributed by atoms with Crippen molar-refractivity contribution in [3.05, 3.63) is 0 Å². The number of likely N-dealkylation sites (tertiary alicyclic amines) is 1. The highest BCUT2D eigenvalue weighted by atomic mass is 16.5. The second-order valence-electron chi connectivity index (χ2n) is 5.76. The van der Waals surface area contributed by atoms with Crippen LogP contribution in [0, 0.1) is 5.92 Å². The lowest BCUT2D eigenvalue weighted by Crippen LogP contribution is -2.43. The third-order valence-corrected chi connectivity index (χ3v) is 3.93. The Kier molecular flexibility index (Phi) is 6.07. The van der Waals surface area contributed by atoms with E-state index in [9.17, 15) is 4.79 Å². The lowest BCUT2D eigenvalue weighted by atomic mass is 9.97. The molecular weight excluding hydrogens is 242 g/mol. The Bertz CT molecular complexity index is 274. The summed E-state index contributed by atoms with van der Waals surface area (Å²) in [5, 5.41) is 6.48. The van der Waals surface area contributed by atoms with Gasteiger partial charge in [0.05, 0.1) is 13.2 Å². The Hall–Kier alpha value is -0.650. The Morgan fingerprint density at radius 3 is 2.63 bits per heavy atom. The molecule has 1 aliphatic heterocycles. The van der Waals surface area contributed by atoms with Crippen LogP contribution in [0.4, 0.5) is 0 Å². The number of amides is 1. The van der Waals surface area contributed by atoms with Gasteiger partial charge in [-0.2, -0.15) is 0 Å². The molecule has 19 heavy (non-hydrogen) atoms. The van der Waals surface area contributed by atoms with Gasteiger partial charge in [-0.05, 0) is 51.2 Å². The number of carbonyl (C=O) groups excluding carboxylic acids is 1. The Morgan fingerprint density at radius 1 is 1.26 bits per heavy atom. The zero-order valence-corrected chi connectivity index (χ0v) is 12.0. The van der Waals surface area contributed by atoms with Crippen molar-refractivity contribution in [3.8, 4) is 0 Å². The maximum Gasteiger partial charge on any atom is 0.234 e. The molecule has 0 radical (unpaired) electrons. The van der Waals surface area contributed by atoms with Crippen molar-refractivity contribution < 1.29 is 9.53 Å². The summed E-state index contributed by atoms with van der Waals surface area (Å²) < 4.78 is 5.01. The van der Waals surface area contributed by atoms with Crippen LogP contribution in [0.15, 0.2) is 0 Å². The number of methoxy groups -OCH3 is 1. The molecule has 1 heterocycles. The van der Waals surface area contributed by atoms with E-state index < -0.39 is 0 Å². The monoisotopic (exact) mass is 269 g/mol. The number of rotatable bonds is 8. The average Bonchev–Trinajstić information content (AvgIpc) is 3.20. The van der Waals surface area contributed by atoms with Gasteiger partial charge < -0.3 is 15.4 Å². The summed E-state index contributed by atoms with van der Waals surface area (Å²) in [7, 11) is 1.73. The second kappa shape index (κ2) is 7.82. The molecule has 0 atom stereocenters. The van der Waals surface area contributed by atoms with Gasteiger partial charge in [0, 0.05) is 19.7 Å². The number of hydrogen-bond acceptors (Lipinski definition) is 4. The summed E-state index contributed by atoms with van der Waals surface area (Å²) in [5.74, 6) is 0.957. The molecule has 1 amide bonds. The number of hydrogen-bond donors (Lipinski definition) is 2. The number of nitrogens with zero attached hydrogens (tertiary/aromatic N) is 1. The molecule has 2 rings (SSSR count). The SMILES string of the molecule is COCCNCC1CCN(CC(=O)NC2CC2)CC1. The maximum absolute atomic E-state index is 11.7. The van der Waals surface area contributed by atoms with E-state index in [1.807, 2.05) is 0 Å². The van der Waals surface area contributed by atoms with Crippen molar-refractivity contribution in [1.29, 1.82) is 0 Å². The minimum absolute atomic E-state index is 0.208. The van der Waals surface area contributed by atoms with Gasteiger partial charge in [-0.15, -0.1) is 0 Å². The molecule has 0 unspecified atom stereocenters. The van der Waals surface area contributed by atoms with E-state index >= 15 is 0 Å². The van der Waals surface area contributed by atoms with Crippen molar-refractivity contribution in [2.75, 3.05) is 46.4 Å². The highest BCUT2D eigenvalue weighted by molar-refractivity contribution is 5.78. The molecule has 0 aromatic carbocycles. The molecular formula is C14H27N3O2. The Labute approximate surface area is 116 Å². The third kappa shape index (κ3) is 5.89. The first kappa shape index (κ1) is 14.8. The Balaban J connectivity index is 1.52. The van der Waals surface area contributed by atoms with Gasteiger partial charge in [-0.1, -0.05) is 0 Å². The lowest BCUT2D eigenvalue weighted by molar-refractivity contribution is -0.122. The molecule has 2 N–H and O–H groups in total. The molecule has 1 saturated carbocycles. The van der Waals surface area contributed by atoms with Crippen LogP contribution in [0.2, 0.25) is 0 Å². The summed E-state index contributed by atoms with van der Waals surface area (Å²) >= 11 is 0. The molecule has 0 bridgehead atoms. The number of piperidine rings is 1. The molecule has 2 aliphatic rings. The first-order valence-electron chi connectivity index (χ1n) is 7.49. The van der Waals surface area contributed by atoms with E-state index in [-0.39, 0.29) is 5.91 Å². The van der Waals surface area contributed by atoms with Crippen molar-refractivity contribution in [1.82, 2.24) is 15.5 Å². The maximum atomic E-state index is 11.7. The highest BCUT2D eigenvalue weighted by Crippen LogP contribution is 2.19. The zero-order chi connectivity index (χ0) is 13.5. The lowest BCUT2D eigenvalue weighted by Gasteiger charge is -2.31. The third-order valence-electron chi connectivity index (χ3n) is 3.93. The largest absolute Gasteiger partial charge is 0.383 e. The van der Waals surface area contributed by atoms with Crippen molar-refractivity contribution in [3.63, 3.8) is 0 Å². The second-order valence-corrected chi connectivity index (χ2v) is 5.76. The summed E-state index contributed by atoms with van der Waals surface area (Å²) in [5.41, 5.74) is 0. The predicted octanol–water partition coefficient (Wildman–Crippen LogP) is 0.213. The van der Waals surface area contributed by atoms with Crippen molar-refractivity contribution >= 4 is 5.91 Å². The van der Waals surface area contributed by atoms with Crippen molar-refractivity contribution in [2.24, 2.45) is 5.92 Å². The topological polar surface area (TPSA) is 53.6 Å². The van der Waals surface area contributed by atoms with Crippen LogP contribution in [-0.4, -0.2) is 63.3 Å². The molecule has 1 saturated heterocycles. The molecule has 0 aromatic rings. The first-order chi connectivity index (χ1) is 9.28. The van der Waals surface area contributed by atoms with Crippen LogP contribution in [0.25, 0.3) is 0 Å². The quantitative estimate of drug-likeness (QED) is 0.619. The highest BCUT2D eigenvalue weighted by Gasteiger charge is 2.25. The number of nitrogens with one attached hydrogen (secondary N) is 2. The van der Waals surface area contributed by atoms with Crippen LogP contribution in [0.1, 0.15) is 25.7 Å². The molecule has 1 aliphatic carbocycles. The standard InChI is InChI=1S/C14H27N3O2/c1-19-9-6-15-10-12-4-7-17(8-5-12)11-14(18)16-13-2-3-13/h12-13,15H,2-11H2,1H3,(H,16,18). The average molecular weight is 269 g/mol. The molecule has 0 aromatic heterocycles. The van der Waals surface area contributed by atoms with E-state index in [0.717, 1.165) is 38.7 Å². The summed E-state index contributed by atoms with van der Waals surface area (Å²) in [4.78, 5) is 14.0. The molecule has 2 fully saturated rings. The fourth-order valence-electron chi connectivity index (χ4n) is 2.53. The molecule has 5 nitrogen and oxygen atoms in total. The number of ether oxygens (including phenoxy) is 1. The van der Waals surface area contributed by atoms with E-state index in [1.54, 1.807) is 7.11 Å². The fraction of sp³-hybridized carbons (Fsp3) is 0.929. The minimum atomic E-state index is 0.208. The van der Waals surface area contributed by atoms with E-state index in [0.29, 0.717) is 12.6 Å². The molecule has 5 heteroatoms. The van der Waals surface area contributed by atoms with Gasteiger partial charge in [-0.3, -0.25) is 9.69 Å². The Morgan fingerprint density at radius 2 is 2.00 bits per heavy atom. The predicted molar refractivity (Wildman–Crippen MR) is 75.1 cm³/mol. The van der Waals surface area contributed by atoms with Gasteiger partial charge >= 0.3 is 0 Å². The number of carbonyl (C=O) groups is 1. The van der Waals surface area contributed by atoms with Crippen LogP contribution in [-0.2, 0) is 9.53 Å². The van der Waals surface area contributed by atoms with E-state index in [1.165, 1.54) is 25.7 Å². The van der Waals surface area contributed by atoms with Crippen LogP contribution in [0.3, 0.4) is 0 Å². The zero-order valence-electron chi connectivity index (χ0n) is 12.0. The van der Waals surface area contributed by atoms with E-state index in [4.69, 9.17) is 4.74 Å². The van der Waals surface area contributed by atoms with Crippen LogP contribution >= 0.6 is 0 Å². The van der Waals surface area contributed by atoms with Gasteiger partial charge in [0.2, 0.25) is 5.91 Å². The summed E-state index contributed by atoms with van der Waals surface area (Å²) in [6.07, 6.45) is 4.72. The normalized spacial score (nSPS) is 21.5. The van der Waals surface area contributed by atoms with Crippen molar-refractivity contribution in [2.45, 2.75) is 31.7 Å². The van der Waals surface area contributed by atoms with Gasteiger partial charge in [0.15, 0.2) is 0 Å². The van der Waals surface area contributed by atoms with Gasteiger partial charge in [-0.25, -0.2) is 0 Å². The van der Waals surface area contributed by atoms with Gasteiger partial charge in [0.1, 0.15) is 0 Å². The summed E-state index contributed by atoms with van der Waals surface area (Å²) in [6, 6.07) is 0.482. The molecule has 0 spiro atoms.